The highest BCUT2D eigenvalue weighted by Crippen LogP contribution is 2.19. The number of hydrogen-bond donors (Lipinski definition) is 8. The normalized spacial score (nSPS) is 14.1. The van der Waals surface area contributed by atoms with E-state index in [2.05, 4.69) is 30.9 Å². The summed E-state index contributed by atoms with van der Waals surface area (Å²) in [6.07, 6.45) is 8.56. The molecule has 2 heterocycles. The Morgan fingerprint density at radius 2 is 1.64 bits per heavy atom. The number of thioether (sulfide) groups is 1. The van der Waals surface area contributed by atoms with Crippen LogP contribution in [-0.2, 0) is 32.0 Å². The lowest BCUT2D eigenvalue weighted by Gasteiger charge is -2.25. The lowest BCUT2D eigenvalue weighted by atomic mass is 10.0. The van der Waals surface area contributed by atoms with Crippen molar-refractivity contribution < 1.29 is 24.3 Å². The minimum absolute atomic E-state index is 0.0745. The molecule has 4 atom stereocenters. The van der Waals surface area contributed by atoms with E-state index in [1.165, 1.54) is 12.5 Å². The van der Waals surface area contributed by atoms with Gasteiger partial charge in [0.2, 0.25) is 17.7 Å². The Morgan fingerprint density at radius 1 is 0.952 bits per heavy atom. The van der Waals surface area contributed by atoms with Crippen molar-refractivity contribution in [1.82, 2.24) is 30.9 Å². The smallest absolute Gasteiger partial charge is 0.326 e. The summed E-state index contributed by atoms with van der Waals surface area (Å²) in [5, 5.41) is 18.6. The molecular formula is C28H40N8O5S. The molecule has 3 aromatic rings. The summed E-state index contributed by atoms with van der Waals surface area (Å²) in [5.74, 6) is -2.27. The molecule has 2 aromatic heterocycles. The maximum Gasteiger partial charge on any atom is 0.326 e. The molecule has 3 rings (SSSR count). The first-order valence-electron chi connectivity index (χ1n) is 13.8. The molecule has 0 saturated carbocycles. The van der Waals surface area contributed by atoms with Crippen LogP contribution in [-0.4, -0.2) is 86.5 Å². The van der Waals surface area contributed by atoms with Gasteiger partial charge in [0.25, 0.3) is 0 Å². The zero-order chi connectivity index (χ0) is 30.5. The Balaban J connectivity index is 1.85. The van der Waals surface area contributed by atoms with Gasteiger partial charge in [-0.25, -0.2) is 9.78 Å². The van der Waals surface area contributed by atoms with E-state index in [1.54, 1.807) is 18.0 Å². The van der Waals surface area contributed by atoms with Crippen molar-refractivity contribution in [1.29, 1.82) is 0 Å². The largest absolute Gasteiger partial charge is 0.480 e. The minimum Gasteiger partial charge on any atom is -0.480 e. The topological polar surface area (TPSA) is 221 Å². The molecule has 4 unspecified atom stereocenters. The van der Waals surface area contributed by atoms with E-state index >= 15 is 0 Å². The summed E-state index contributed by atoms with van der Waals surface area (Å²) in [4.78, 5) is 62.0. The van der Waals surface area contributed by atoms with E-state index in [9.17, 15) is 24.3 Å². The number of hydrogen-bond acceptors (Lipinski definition) is 8. The number of H-pyrrole nitrogens is 2. The van der Waals surface area contributed by atoms with Crippen molar-refractivity contribution in [3.63, 3.8) is 0 Å². The number of rotatable bonds is 18. The van der Waals surface area contributed by atoms with Gasteiger partial charge in [0.15, 0.2) is 0 Å². The second-order valence-corrected chi connectivity index (χ2v) is 11.0. The Hall–Kier alpha value is -3.88. The summed E-state index contributed by atoms with van der Waals surface area (Å²) in [6.45, 7) is 0.407. The van der Waals surface area contributed by atoms with E-state index in [0.717, 1.165) is 16.5 Å². The summed E-state index contributed by atoms with van der Waals surface area (Å²) in [6, 6.07) is 3.34. The number of amides is 3. The van der Waals surface area contributed by atoms with E-state index < -0.39 is 47.9 Å². The molecule has 13 nitrogen and oxygen atoms in total. The molecule has 0 aliphatic rings. The first-order chi connectivity index (χ1) is 20.2. The van der Waals surface area contributed by atoms with Crippen molar-refractivity contribution in [2.24, 2.45) is 11.5 Å². The Bertz CT molecular complexity index is 1310. The highest BCUT2D eigenvalue weighted by molar-refractivity contribution is 7.98. The fraction of sp³-hybridized carbons (Fsp3) is 0.464. The maximum absolute atomic E-state index is 13.7. The number of aliphatic carboxylic acids is 1. The van der Waals surface area contributed by atoms with Gasteiger partial charge in [0, 0.05) is 41.8 Å². The molecule has 3 amide bonds. The number of nitrogens with two attached hydrogens (primary N) is 2. The van der Waals surface area contributed by atoms with Crippen LogP contribution >= 0.6 is 11.8 Å². The molecule has 228 valence electrons. The number of benzene rings is 1. The molecule has 42 heavy (non-hydrogen) atoms. The SMILES string of the molecule is CSCCC(N)C(=O)NC(Cc1cnc[nH]1)C(=O)NC(Cc1c[nH]c2ccccc12)C(=O)NC(CCCCN)C(=O)O. The van der Waals surface area contributed by atoms with Gasteiger partial charge in [-0.05, 0) is 55.9 Å². The standard InChI is InChI=1S/C28H40N8O5S/c1-42-11-9-20(30)25(37)35-24(13-18-15-31-16-33-18)27(39)36-23(12-17-14-32-21-7-3-2-6-19(17)21)26(38)34-22(28(40)41)8-4-5-10-29/h2-3,6-7,14-16,20,22-24,32H,4-5,8-13,29-30H2,1H3,(H,31,33)(H,34,38)(H,35,37)(H,36,39)(H,40,41). The fourth-order valence-electron chi connectivity index (χ4n) is 4.50. The molecule has 0 radical (unpaired) electrons. The van der Waals surface area contributed by atoms with Crippen molar-refractivity contribution in [2.45, 2.75) is 62.7 Å². The molecule has 0 bridgehead atoms. The predicted octanol–water partition coefficient (Wildman–Crippen LogP) is 0.425. The molecule has 0 fully saturated rings. The Morgan fingerprint density at radius 3 is 2.31 bits per heavy atom. The third-order valence-electron chi connectivity index (χ3n) is 6.88. The lowest BCUT2D eigenvalue weighted by molar-refractivity contribution is -0.142. The second-order valence-electron chi connectivity index (χ2n) is 10.0. The molecule has 14 heteroatoms. The van der Waals surface area contributed by atoms with Gasteiger partial charge >= 0.3 is 5.97 Å². The highest BCUT2D eigenvalue weighted by Gasteiger charge is 2.31. The zero-order valence-corrected chi connectivity index (χ0v) is 24.4. The summed E-state index contributed by atoms with van der Waals surface area (Å²) >= 11 is 1.56. The number of carboxylic acids is 1. The van der Waals surface area contributed by atoms with Crippen LogP contribution in [0.2, 0.25) is 0 Å². The molecular weight excluding hydrogens is 560 g/mol. The second kappa shape index (κ2) is 16.5. The summed E-state index contributed by atoms with van der Waals surface area (Å²) in [7, 11) is 0. The van der Waals surface area contributed by atoms with Crippen LogP contribution in [0.3, 0.4) is 0 Å². The average Bonchev–Trinajstić information content (AvgIpc) is 3.64. The number of nitrogens with zero attached hydrogens (tertiary/aromatic N) is 1. The van der Waals surface area contributed by atoms with E-state index in [-0.39, 0.29) is 19.3 Å². The number of imidazole rings is 1. The monoisotopic (exact) mass is 600 g/mol. The number of carboxylic acid groups (broad SMARTS) is 1. The molecule has 1 aromatic carbocycles. The fourth-order valence-corrected chi connectivity index (χ4v) is 4.99. The molecule has 0 aliphatic carbocycles. The van der Waals surface area contributed by atoms with Crippen LogP contribution in [0.25, 0.3) is 10.9 Å². The van der Waals surface area contributed by atoms with E-state index in [4.69, 9.17) is 11.5 Å². The number of para-hydroxylation sites is 1. The average molecular weight is 601 g/mol. The summed E-state index contributed by atoms with van der Waals surface area (Å²) < 4.78 is 0. The lowest BCUT2D eigenvalue weighted by Crippen LogP contribution is -2.58. The van der Waals surface area contributed by atoms with Crippen LogP contribution in [0.1, 0.15) is 36.9 Å². The van der Waals surface area contributed by atoms with Crippen molar-refractivity contribution in [3.05, 3.63) is 54.2 Å². The maximum atomic E-state index is 13.7. The van der Waals surface area contributed by atoms with Crippen molar-refractivity contribution in [2.75, 3.05) is 18.6 Å². The van der Waals surface area contributed by atoms with Gasteiger partial charge in [0.1, 0.15) is 18.1 Å². The van der Waals surface area contributed by atoms with Crippen molar-refractivity contribution in [3.8, 4) is 0 Å². The van der Waals surface area contributed by atoms with E-state index in [0.29, 0.717) is 37.3 Å². The predicted molar refractivity (Wildman–Crippen MR) is 162 cm³/mol. The van der Waals surface area contributed by atoms with Crippen LogP contribution in [0.5, 0.6) is 0 Å². The number of fused-ring (bicyclic) bond motifs is 1. The van der Waals surface area contributed by atoms with Gasteiger partial charge in [-0.3, -0.25) is 14.4 Å². The number of aromatic nitrogens is 3. The molecule has 0 spiro atoms. The van der Waals surface area contributed by atoms with Crippen LogP contribution in [0, 0.1) is 0 Å². The van der Waals surface area contributed by atoms with Gasteiger partial charge in [-0.1, -0.05) is 18.2 Å². The molecule has 10 N–H and O–H groups in total. The summed E-state index contributed by atoms with van der Waals surface area (Å²) in [5.41, 5.74) is 13.8. The number of carbonyl (C=O) groups is 4. The van der Waals surface area contributed by atoms with Gasteiger partial charge in [-0.15, -0.1) is 0 Å². The number of aromatic amines is 2. The van der Waals surface area contributed by atoms with Crippen LogP contribution < -0.4 is 27.4 Å². The van der Waals surface area contributed by atoms with Gasteiger partial charge in [0.05, 0.1) is 12.4 Å². The van der Waals surface area contributed by atoms with Gasteiger partial charge in [-0.2, -0.15) is 11.8 Å². The zero-order valence-electron chi connectivity index (χ0n) is 23.6. The van der Waals surface area contributed by atoms with Crippen molar-refractivity contribution >= 4 is 46.4 Å². The molecule has 0 saturated heterocycles. The first kappa shape index (κ1) is 32.6. The first-order valence-corrected chi connectivity index (χ1v) is 15.2. The minimum atomic E-state index is -1.18. The molecule has 0 aliphatic heterocycles. The third-order valence-corrected chi connectivity index (χ3v) is 7.52. The van der Waals surface area contributed by atoms with Crippen LogP contribution in [0.4, 0.5) is 0 Å². The third kappa shape index (κ3) is 9.60. The quantitative estimate of drug-likeness (QED) is 0.0947. The highest BCUT2D eigenvalue weighted by atomic mass is 32.2. The number of carbonyl (C=O) groups excluding carboxylic acids is 3. The van der Waals surface area contributed by atoms with Gasteiger partial charge < -0.3 is 42.5 Å². The Kier molecular flexibility index (Phi) is 12.8. The van der Waals surface area contributed by atoms with E-state index in [1.807, 2.05) is 30.5 Å². The number of unbranched alkanes of at least 4 members (excludes halogenated alkanes) is 1. The Labute approximate surface area is 248 Å². The van der Waals surface area contributed by atoms with Crippen LogP contribution in [0.15, 0.2) is 43.0 Å². The number of nitrogens with one attached hydrogen (secondary N) is 5.